The number of rotatable bonds is 7. The first-order valence-corrected chi connectivity index (χ1v) is 12.3. The van der Waals surface area contributed by atoms with Gasteiger partial charge in [-0.15, -0.1) is 11.3 Å². The summed E-state index contributed by atoms with van der Waals surface area (Å²) in [6.07, 6.45) is 0. The summed E-state index contributed by atoms with van der Waals surface area (Å²) >= 11 is 2.77. The Morgan fingerprint density at radius 3 is 2.70 bits per heavy atom. The number of aromatic nitrogens is 4. The van der Waals surface area contributed by atoms with Crippen LogP contribution in [0.25, 0.3) is 27.3 Å². The number of benzene rings is 2. The van der Waals surface area contributed by atoms with Crippen molar-refractivity contribution < 1.29 is 9.26 Å². The van der Waals surface area contributed by atoms with Gasteiger partial charge in [-0.25, -0.2) is 4.98 Å². The number of nitrogens with zero attached hydrogens (tertiary/aromatic N) is 4. The van der Waals surface area contributed by atoms with Gasteiger partial charge in [0, 0.05) is 5.56 Å². The van der Waals surface area contributed by atoms with E-state index in [9.17, 15) is 4.79 Å². The molecule has 0 saturated carbocycles. The SMILES string of the molecule is CCOc1ccc(-n2c(SCc3nc(-c4ccccc4C)no3)nc3ccsc3c2=O)cc1. The molecule has 0 saturated heterocycles. The second kappa shape index (κ2) is 9.21. The van der Waals surface area contributed by atoms with E-state index in [0.29, 0.717) is 39.4 Å². The van der Waals surface area contributed by atoms with Gasteiger partial charge in [-0.1, -0.05) is 41.2 Å². The van der Waals surface area contributed by atoms with E-state index in [-0.39, 0.29) is 5.56 Å². The zero-order valence-electron chi connectivity index (χ0n) is 18.0. The molecule has 33 heavy (non-hydrogen) atoms. The van der Waals surface area contributed by atoms with Crippen LogP contribution in [0.1, 0.15) is 18.4 Å². The summed E-state index contributed by atoms with van der Waals surface area (Å²) in [5, 5.41) is 6.56. The Kier molecular flexibility index (Phi) is 5.97. The lowest BCUT2D eigenvalue weighted by atomic mass is 10.1. The van der Waals surface area contributed by atoms with E-state index in [0.717, 1.165) is 22.6 Å². The Morgan fingerprint density at radius 1 is 1.09 bits per heavy atom. The smallest absolute Gasteiger partial charge is 0.276 e. The van der Waals surface area contributed by atoms with Gasteiger partial charge in [-0.3, -0.25) is 9.36 Å². The predicted molar refractivity (Wildman–Crippen MR) is 130 cm³/mol. The van der Waals surface area contributed by atoms with Crippen molar-refractivity contribution in [3.63, 3.8) is 0 Å². The maximum atomic E-state index is 13.3. The molecule has 2 aromatic carbocycles. The Hall–Kier alpha value is -3.43. The molecule has 0 radical (unpaired) electrons. The fraction of sp³-hybridized carbons (Fsp3) is 0.167. The molecule has 3 aromatic heterocycles. The summed E-state index contributed by atoms with van der Waals surface area (Å²) in [7, 11) is 0. The van der Waals surface area contributed by atoms with Gasteiger partial charge >= 0.3 is 0 Å². The van der Waals surface area contributed by atoms with Gasteiger partial charge in [-0.05, 0) is 55.1 Å². The van der Waals surface area contributed by atoms with Crippen LogP contribution in [-0.2, 0) is 5.75 Å². The van der Waals surface area contributed by atoms with E-state index < -0.39 is 0 Å². The van der Waals surface area contributed by atoms with E-state index >= 15 is 0 Å². The van der Waals surface area contributed by atoms with Crippen molar-refractivity contribution in [1.82, 2.24) is 19.7 Å². The predicted octanol–water partition coefficient (Wildman–Crippen LogP) is 5.50. The first-order valence-electron chi connectivity index (χ1n) is 10.4. The second-order valence-corrected chi connectivity index (χ2v) is 9.07. The molecule has 5 rings (SSSR count). The zero-order valence-corrected chi connectivity index (χ0v) is 19.7. The molecule has 3 heterocycles. The van der Waals surface area contributed by atoms with E-state index in [4.69, 9.17) is 14.2 Å². The van der Waals surface area contributed by atoms with Crippen molar-refractivity contribution in [2.24, 2.45) is 0 Å². The highest BCUT2D eigenvalue weighted by Crippen LogP contribution is 2.28. The molecule has 7 nitrogen and oxygen atoms in total. The van der Waals surface area contributed by atoms with Crippen molar-refractivity contribution in [3.05, 3.63) is 81.8 Å². The van der Waals surface area contributed by atoms with Crippen molar-refractivity contribution in [2.45, 2.75) is 24.8 Å². The molecular formula is C24H20N4O3S2. The highest BCUT2D eigenvalue weighted by molar-refractivity contribution is 7.98. The Morgan fingerprint density at radius 2 is 1.91 bits per heavy atom. The molecule has 9 heteroatoms. The van der Waals surface area contributed by atoms with Crippen LogP contribution >= 0.6 is 23.1 Å². The molecule has 0 aliphatic carbocycles. The number of hydrogen-bond donors (Lipinski definition) is 0. The fourth-order valence-corrected chi connectivity index (χ4v) is 5.06. The molecule has 0 fully saturated rings. The molecule has 0 unspecified atom stereocenters. The van der Waals surface area contributed by atoms with Crippen LogP contribution in [0.3, 0.4) is 0 Å². The minimum atomic E-state index is -0.104. The monoisotopic (exact) mass is 476 g/mol. The summed E-state index contributed by atoms with van der Waals surface area (Å²) < 4.78 is 13.3. The maximum Gasteiger partial charge on any atom is 0.276 e. The van der Waals surface area contributed by atoms with Crippen molar-refractivity contribution in [1.29, 1.82) is 0 Å². The van der Waals surface area contributed by atoms with E-state index in [2.05, 4.69) is 10.1 Å². The number of thioether (sulfide) groups is 1. The highest BCUT2D eigenvalue weighted by Gasteiger charge is 2.17. The van der Waals surface area contributed by atoms with E-state index in [1.165, 1.54) is 23.1 Å². The van der Waals surface area contributed by atoms with Crippen molar-refractivity contribution in [3.8, 4) is 22.8 Å². The van der Waals surface area contributed by atoms with Crippen LogP contribution in [-0.4, -0.2) is 26.3 Å². The van der Waals surface area contributed by atoms with Crippen LogP contribution in [0.2, 0.25) is 0 Å². The van der Waals surface area contributed by atoms with Crippen LogP contribution in [0, 0.1) is 6.92 Å². The second-order valence-electron chi connectivity index (χ2n) is 7.21. The fourth-order valence-electron chi connectivity index (χ4n) is 3.45. The number of fused-ring (bicyclic) bond motifs is 1. The molecule has 0 aliphatic rings. The topological polar surface area (TPSA) is 83.0 Å². The molecule has 0 amide bonds. The van der Waals surface area contributed by atoms with Gasteiger partial charge in [0.2, 0.25) is 11.7 Å². The minimum Gasteiger partial charge on any atom is -0.494 e. The van der Waals surface area contributed by atoms with Crippen LogP contribution in [0.4, 0.5) is 0 Å². The van der Waals surface area contributed by atoms with Gasteiger partial charge < -0.3 is 9.26 Å². The van der Waals surface area contributed by atoms with Gasteiger partial charge in [0.25, 0.3) is 5.56 Å². The van der Waals surface area contributed by atoms with Crippen LogP contribution in [0.5, 0.6) is 5.75 Å². The molecule has 0 N–H and O–H groups in total. The third-order valence-electron chi connectivity index (χ3n) is 5.03. The van der Waals surface area contributed by atoms with Gasteiger partial charge in [-0.2, -0.15) is 4.98 Å². The first-order chi connectivity index (χ1) is 16.1. The molecule has 0 spiro atoms. The van der Waals surface area contributed by atoms with Crippen molar-refractivity contribution >= 4 is 33.3 Å². The largest absolute Gasteiger partial charge is 0.494 e. The first kappa shape index (κ1) is 21.4. The number of thiophene rings is 1. The summed E-state index contributed by atoms with van der Waals surface area (Å²) in [6.45, 7) is 4.53. The summed E-state index contributed by atoms with van der Waals surface area (Å²) in [4.78, 5) is 22.6. The highest BCUT2D eigenvalue weighted by atomic mass is 32.2. The van der Waals surface area contributed by atoms with Gasteiger partial charge in [0.1, 0.15) is 10.4 Å². The number of hydrogen-bond acceptors (Lipinski definition) is 8. The third-order valence-corrected chi connectivity index (χ3v) is 6.85. The summed E-state index contributed by atoms with van der Waals surface area (Å²) in [6, 6.07) is 17.2. The molecule has 0 bridgehead atoms. The van der Waals surface area contributed by atoms with Crippen molar-refractivity contribution in [2.75, 3.05) is 6.61 Å². The van der Waals surface area contributed by atoms with Crippen LogP contribution in [0.15, 0.2) is 74.5 Å². The molecular weight excluding hydrogens is 456 g/mol. The zero-order chi connectivity index (χ0) is 22.8. The maximum absolute atomic E-state index is 13.3. The van der Waals surface area contributed by atoms with E-state index in [1.54, 1.807) is 4.57 Å². The molecule has 0 atom stereocenters. The third kappa shape index (κ3) is 4.29. The summed E-state index contributed by atoms with van der Waals surface area (Å²) in [5.74, 6) is 2.16. The Bertz CT molecular complexity index is 1470. The molecule has 0 aliphatic heterocycles. The number of aryl methyl sites for hydroxylation is 1. The average Bonchev–Trinajstić information content (AvgIpc) is 3.49. The van der Waals surface area contributed by atoms with Gasteiger partial charge in [0.15, 0.2) is 5.16 Å². The molecule has 166 valence electrons. The quantitative estimate of drug-likeness (QED) is 0.227. The van der Waals surface area contributed by atoms with Crippen LogP contribution < -0.4 is 10.3 Å². The standard InChI is InChI=1S/C24H20N4O3S2/c1-3-30-17-10-8-16(9-11-17)28-23(29)21-19(12-13-32-21)25-24(28)33-14-20-26-22(27-31-20)18-7-5-4-6-15(18)2/h4-13H,3,14H2,1-2H3. The average molecular weight is 477 g/mol. The number of ether oxygens (including phenoxy) is 1. The summed E-state index contributed by atoms with van der Waals surface area (Å²) in [5.41, 5.74) is 3.31. The lowest BCUT2D eigenvalue weighted by Crippen LogP contribution is -2.20. The normalized spacial score (nSPS) is 11.2. The lowest BCUT2D eigenvalue weighted by Gasteiger charge is -2.12. The minimum absolute atomic E-state index is 0.104. The van der Waals surface area contributed by atoms with E-state index in [1.807, 2.05) is 73.8 Å². The Balaban J connectivity index is 1.47. The molecule has 5 aromatic rings. The lowest BCUT2D eigenvalue weighted by molar-refractivity contribution is 0.340. The Labute approximate surface area is 198 Å². The van der Waals surface area contributed by atoms with Gasteiger partial charge in [0.05, 0.1) is 23.6 Å².